The quantitative estimate of drug-likeness (QED) is 0.832. The zero-order valence-corrected chi connectivity index (χ0v) is 12.9. The smallest absolute Gasteiger partial charge is 0.132 e. The maximum Gasteiger partial charge on any atom is 0.132 e. The van der Waals surface area contributed by atoms with Crippen LogP contribution in [0.2, 0.25) is 0 Å². The van der Waals surface area contributed by atoms with Crippen molar-refractivity contribution in [3.8, 4) is 0 Å². The van der Waals surface area contributed by atoms with Gasteiger partial charge in [-0.15, -0.1) is 0 Å². The number of anilines is 1. The van der Waals surface area contributed by atoms with E-state index < -0.39 is 6.17 Å². The molecule has 7 heteroatoms. The van der Waals surface area contributed by atoms with E-state index in [9.17, 15) is 4.39 Å². The molecule has 6 nitrogen and oxygen atoms in total. The second-order valence-corrected chi connectivity index (χ2v) is 5.90. The highest BCUT2D eigenvalue weighted by molar-refractivity contribution is 5.40. The molecule has 1 saturated heterocycles. The molecule has 0 bridgehead atoms. The fraction of sp³-hybridized carbons (Fsp3) is 0.533. The number of rotatable bonds is 5. The van der Waals surface area contributed by atoms with Gasteiger partial charge in [-0.3, -0.25) is 4.90 Å². The number of halogens is 1. The van der Waals surface area contributed by atoms with Gasteiger partial charge < -0.3 is 9.47 Å². The first-order valence-corrected chi connectivity index (χ1v) is 7.44. The minimum Gasteiger partial charge on any atom is -0.349 e. The predicted molar refractivity (Wildman–Crippen MR) is 82.2 cm³/mol. The molecule has 2 aromatic rings. The van der Waals surface area contributed by atoms with Crippen LogP contribution in [-0.2, 0) is 13.6 Å². The number of alkyl halides is 1. The van der Waals surface area contributed by atoms with Crippen LogP contribution in [0, 0.1) is 0 Å². The summed E-state index contributed by atoms with van der Waals surface area (Å²) >= 11 is 0. The molecule has 0 aliphatic carbocycles. The molecular formula is C15H21FN6. The topological polar surface area (TPSA) is 50.1 Å². The summed E-state index contributed by atoms with van der Waals surface area (Å²) in [5.74, 6) is 0.800. The van der Waals surface area contributed by atoms with Crippen LogP contribution in [0.1, 0.15) is 12.1 Å². The third-order valence-corrected chi connectivity index (χ3v) is 4.09. The van der Waals surface area contributed by atoms with E-state index >= 15 is 0 Å². The van der Waals surface area contributed by atoms with Crippen LogP contribution in [0.4, 0.5) is 10.2 Å². The first-order chi connectivity index (χ1) is 10.6. The highest BCUT2D eigenvalue weighted by Gasteiger charge is 2.33. The maximum absolute atomic E-state index is 13.9. The number of imidazole rings is 1. The summed E-state index contributed by atoms with van der Waals surface area (Å²) < 4.78 is 15.9. The maximum atomic E-state index is 13.9. The van der Waals surface area contributed by atoms with Crippen LogP contribution in [0.25, 0.3) is 0 Å². The molecule has 22 heavy (non-hydrogen) atoms. The molecule has 1 fully saturated rings. The van der Waals surface area contributed by atoms with Crippen molar-refractivity contribution >= 4 is 5.82 Å². The Morgan fingerprint density at radius 1 is 1.41 bits per heavy atom. The third kappa shape index (κ3) is 3.24. The van der Waals surface area contributed by atoms with Crippen LogP contribution in [0.3, 0.4) is 0 Å². The van der Waals surface area contributed by atoms with Crippen LogP contribution >= 0.6 is 0 Å². The standard InChI is InChI=1S/C15H21FN6/c1-20(9-14-6-18-11-21(14)2)8-13-5-12(16)7-22(13)15-3-4-17-10-19-15/h3-4,6,10-13H,5,7-9H2,1-2H3/t12-,13-/m0/s1. The number of hydrogen-bond donors (Lipinski definition) is 0. The van der Waals surface area contributed by atoms with Crippen molar-refractivity contribution in [3.05, 3.63) is 36.8 Å². The molecule has 0 radical (unpaired) electrons. The second kappa shape index (κ2) is 6.39. The van der Waals surface area contributed by atoms with Gasteiger partial charge in [-0.05, 0) is 13.1 Å². The molecule has 1 aliphatic heterocycles. The highest BCUT2D eigenvalue weighted by atomic mass is 19.1. The van der Waals surface area contributed by atoms with Crippen LogP contribution in [0.15, 0.2) is 31.1 Å². The van der Waals surface area contributed by atoms with Crippen molar-refractivity contribution in [2.24, 2.45) is 7.05 Å². The van der Waals surface area contributed by atoms with Gasteiger partial charge in [0, 0.05) is 45.0 Å². The Balaban J connectivity index is 1.66. The first-order valence-electron chi connectivity index (χ1n) is 7.44. The van der Waals surface area contributed by atoms with Crippen molar-refractivity contribution in [2.45, 2.75) is 25.2 Å². The van der Waals surface area contributed by atoms with E-state index in [0.29, 0.717) is 13.0 Å². The summed E-state index contributed by atoms with van der Waals surface area (Å²) in [5.41, 5.74) is 1.14. The molecule has 0 saturated carbocycles. The molecule has 0 amide bonds. The third-order valence-electron chi connectivity index (χ3n) is 4.09. The van der Waals surface area contributed by atoms with Crippen molar-refractivity contribution in [1.29, 1.82) is 0 Å². The number of aryl methyl sites for hydroxylation is 1. The Kier molecular flexibility index (Phi) is 4.33. The zero-order valence-electron chi connectivity index (χ0n) is 12.9. The average Bonchev–Trinajstić information content (AvgIpc) is 3.06. The summed E-state index contributed by atoms with van der Waals surface area (Å²) in [6.45, 7) is 1.98. The minimum atomic E-state index is -0.801. The Bertz CT molecular complexity index is 601. The Morgan fingerprint density at radius 3 is 2.95 bits per heavy atom. The molecule has 0 aromatic carbocycles. The average molecular weight is 304 g/mol. The normalized spacial score (nSPS) is 21.7. The van der Waals surface area contributed by atoms with E-state index in [1.54, 1.807) is 12.5 Å². The van der Waals surface area contributed by atoms with Gasteiger partial charge in [-0.2, -0.15) is 0 Å². The number of aromatic nitrogens is 4. The monoisotopic (exact) mass is 304 g/mol. The molecule has 0 spiro atoms. The predicted octanol–water partition coefficient (Wildman–Crippen LogP) is 1.26. The number of likely N-dealkylation sites (N-methyl/N-ethyl adjacent to an activating group) is 1. The van der Waals surface area contributed by atoms with E-state index in [4.69, 9.17) is 0 Å². The molecule has 0 N–H and O–H groups in total. The summed E-state index contributed by atoms with van der Waals surface area (Å²) in [6, 6.07) is 1.97. The highest BCUT2D eigenvalue weighted by Crippen LogP contribution is 2.26. The second-order valence-electron chi connectivity index (χ2n) is 5.90. The van der Waals surface area contributed by atoms with Gasteiger partial charge in [0.25, 0.3) is 0 Å². The van der Waals surface area contributed by atoms with Gasteiger partial charge in [0.1, 0.15) is 18.3 Å². The van der Waals surface area contributed by atoms with Crippen LogP contribution in [0.5, 0.6) is 0 Å². The molecular weight excluding hydrogens is 283 g/mol. The van der Waals surface area contributed by atoms with E-state index in [2.05, 4.69) is 26.9 Å². The van der Waals surface area contributed by atoms with E-state index in [0.717, 1.165) is 24.6 Å². The van der Waals surface area contributed by atoms with Gasteiger partial charge >= 0.3 is 0 Å². The van der Waals surface area contributed by atoms with E-state index in [-0.39, 0.29) is 6.04 Å². The lowest BCUT2D eigenvalue weighted by Gasteiger charge is -2.29. The Hall–Kier alpha value is -2.02. The molecule has 2 atom stereocenters. The van der Waals surface area contributed by atoms with Gasteiger partial charge in [0.15, 0.2) is 0 Å². The van der Waals surface area contributed by atoms with Crippen molar-refractivity contribution in [2.75, 3.05) is 25.0 Å². The molecule has 3 heterocycles. The molecule has 2 aromatic heterocycles. The largest absolute Gasteiger partial charge is 0.349 e. The van der Waals surface area contributed by atoms with Crippen molar-refractivity contribution in [3.63, 3.8) is 0 Å². The van der Waals surface area contributed by atoms with Crippen molar-refractivity contribution < 1.29 is 4.39 Å². The van der Waals surface area contributed by atoms with Crippen molar-refractivity contribution in [1.82, 2.24) is 24.4 Å². The Labute approximate surface area is 129 Å². The molecule has 118 valence electrons. The Morgan fingerprint density at radius 2 is 2.27 bits per heavy atom. The molecule has 0 unspecified atom stereocenters. The van der Waals surface area contributed by atoms with Crippen LogP contribution in [-0.4, -0.2) is 56.8 Å². The fourth-order valence-electron chi connectivity index (χ4n) is 3.00. The van der Waals surface area contributed by atoms with Gasteiger partial charge in [0.2, 0.25) is 0 Å². The fourth-order valence-corrected chi connectivity index (χ4v) is 3.00. The van der Waals surface area contributed by atoms with Gasteiger partial charge in [-0.1, -0.05) is 0 Å². The lowest BCUT2D eigenvalue weighted by atomic mass is 10.2. The number of hydrogen-bond acceptors (Lipinski definition) is 5. The van der Waals surface area contributed by atoms with Gasteiger partial charge in [-0.25, -0.2) is 19.3 Å². The lowest BCUT2D eigenvalue weighted by Crippen LogP contribution is -2.39. The SMILES string of the molecule is CN(Cc1cncn1C)C[C@@H]1C[C@H](F)CN1c1ccncn1. The number of nitrogens with zero attached hydrogens (tertiary/aromatic N) is 6. The summed E-state index contributed by atoms with van der Waals surface area (Å²) in [4.78, 5) is 16.6. The first kappa shape index (κ1) is 14.9. The molecule has 3 rings (SSSR count). The zero-order chi connectivity index (χ0) is 15.5. The molecule has 1 aliphatic rings. The summed E-state index contributed by atoms with van der Waals surface area (Å²) in [6.07, 6.45) is 6.61. The van der Waals surface area contributed by atoms with E-state index in [1.807, 2.05) is 28.8 Å². The van der Waals surface area contributed by atoms with Gasteiger partial charge in [0.05, 0.1) is 18.6 Å². The minimum absolute atomic E-state index is 0.128. The van der Waals surface area contributed by atoms with Crippen LogP contribution < -0.4 is 4.90 Å². The summed E-state index contributed by atoms with van der Waals surface area (Å²) in [7, 11) is 4.03. The van der Waals surface area contributed by atoms with E-state index in [1.165, 1.54) is 6.33 Å². The summed E-state index contributed by atoms with van der Waals surface area (Å²) in [5, 5.41) is 0. The lowest BCUT2D eigenvalue weighted by molar-refractivity contribution is 0.284.